The summed E-state index contributed by atoms with van der Waals surface area (Å²) in [6, 6.07) is 6.22. The molecule has 1 heterocycles. The molecule has 0 aliphatic carbocycles. The van der Waals surface area contributed by atoms with Crippen molar-refractivity contribution >= 4 is 5.91 Å². The van der Waals surface area contributed by atoms with Crippen molar-refractivity contribution in [3.8, 4) is 5.69 Å². The first-order chi connectivity index (χ1) is 10.3. The molecule has 0 aliphatic heterocycles. The molecule has 0 atom stereocenters. The largest absolute Gasteiger partial charge is 0.389 e. The average molecular weight is 305 g/mol. The number of nitrogens with zero attached hydrogens (tertiary/aromatic N) is 3. The summed E-state index contributed by atoms with van der Waals surface area (Å²) in [5, 5.41) is 13.9. The monoisotopic (exact) mass is 305 g/mol. The maximum absolute atomic E-state index is 13.7. The molecule has 22 heavy (non-hydrogen) atoms. The van der Waals surface area contributed by atoms with E-state index in [2.05, 4.69) is 5.10 Å². The number of rotatable bonds is 5. The molecule has 2 aromatic rings. The van der Waals surface area contributed by atoms with Crippen molar-refractivity contribution in [1.82, 2.24) is 14.7 Å². The van der Waals surface area contributed by atoms with E-state index in [0.717, 1.165) is 0 Å². The highest BCUT2D eigenvalue weighted by Crippen LogP contribution is 2.14. The van der Waals surface area contributed by atoms with Crippen molar-refractivity contribution < 1.29 is 14.3 Å². The van der Waals surface area contributed by atoms with Crippen molar-refractivity contribution in [3.63, 3.8) is 0 Å². The van der Waals surface area contributed by atoms with E-state index < -0.39 is 11.4 Å². The lowest BCUT2D eigenvalue weighted by molar-refractivity contribution is 0.0314. The molecule has 0 saturated heterocycles. The molecule has 118 valence electrons. The molecule has 1 N–H and O–H groups in total. The molecule has 2 rings (SSSR count). The second-order valence-corrected chi connectivity index (χ2v) is 5.76. The van der Waals surface area contributed by atoms with E-state index in [4.69, 9.17) is 0 Å². The van der Waals surface area contributed by atoms with Crippen LogP contribution in [0.1, 0.15) is 31.1 Å². The molecule has 0 fully saturated rings. The molecule has 1 amide bonds. The molecular formula is C16H20FN3O2. The fourth-order valence-electron chi connectivity index (χ4n) is 2.18. The van der Waals surface area contributed by atoms with E-state index >= 15 is 0 Å². The molecule has 0 radical (unpaired) electrons. The quantitative estimate of drug-likeness (QED) is 0.921. The van der Waals surface area contributed by atoms with Crippen molar-refractivity contribution in [2.75, 3.05) is 13.1 Å². The van der Waals surface area contributed by atoms with E-state index in [9.17, 15) is 14.3 Å². The number of carbonyl (C=O) groups excluding carboxylic acids is 1. The highest BCUT2D eigenvalue weighted by molar-refractivity contribution is 5.93. The van der Waals surface area contributed by atoms with Crippen LogP contribution >= 0.6 is 0 Å². The van der Waals surface area contributed by atoms with Crippen molar-refractivity contribution in [1.29, 1.82) is 0 Å². The summed E-state index contributed by atoms with van der Waals surface area (Å²) in [4.78, 5) is 14.0. The van der Waals surface area contributed by atoms with Crippen LogP contribution in [-0.2, 0) is 0 Å². The third-order valence-corrected chi connectivity index (χ3v) is 3.18. The number of hydrogen-bond donors (Lipinski definition) is 1. The Labute approximate surface area is 129 Å². The van der Waals surface area contributed by atoms with Crippen LogP contribution in [0.4, 0.5) is 4.39 Å². The third-order valence-electron chi connectivity index (χ3n) is 3.18. The minimum absolute atomic E-state index is 0.215. The van der Waals surface area contributed by atoms with Gasteiger partial charge in [0.05, 0.1) is 17.4 Å². The van der Waals surface area contributed by atoms with E-state index in [0.29, 0.717) is 12.1 Å². The van der Waals surface area contributed by atoms with E-state index in [1.807, 2.05) is 6.92 Å². The highest BCUT2D eigenvalue weighted by Gasteiger charge is 2.23. The Kier molecular flexibility index (Phi) is 4.61. The summed E-state index contributed by atoms with van der Waals surface area (Å²) in [6.45, 7) is 5.81. The smallest absolute Gasteiger partial charge is 0.257 e. The number of hydrogen-bond acceptors (Lipinski definition) is 3. The molecular weight excluding hydrogens is 285 g/mol. The van der Waals surface area contributed by atoms with Gasteiger partial charge in [0.1, 0.15) is 11.5 Å². The van der Waals surface area contributed by atoms with Crippen LogP contribution in [0, 0.1) is 5.82 Å². The van der Waals surface area contributed by atoms with Gasteiger partial charge in [-0.1, -0.05) is 12.1 Å². The molecule has 5 nitrogen and oxygen atoms in total. The topological polar surface area (TPSA) is 58.4 Å². The molecule has 1 aromatic heterocycles. The van der Waals surface area contributed by atoms with Gasteiger partial charge in [0, 0.05) is 19.3 Å². The van der Waals surface area contributed by atoms with Crippen LogP contribution < -0.4 is 0 Å². The summed E-state index contributed by atoms with van der Waals surface area (Å²) in [6.07, 6.45) is 2.90. The predicted molar refractivity (Wildman–Crippen MR) is 81.4 cm³/mol. The highest BCUT2D eigenvalue weighted by atomic mass is 19.1. The van der Waals surface area contributed by atoms with Crippen LogP contribution in [0.2, 0.25) is 0 Å². The second-order valence-electron chi connectivity index (χ2n) is 5.76. The average Bonchev–Trinajstić information content (AvgIpc) is 2.93. The molecule has 0 saturated carbocycles. The minimum atomic E-state index is -0.979. The zero-order valence-electron chi connectivity index (χ0n) is 13.0. The van der Waals surface area contributed by atoms with Crippen molar-refractivity contribution in [2.24, 2.45) is 0 Å². The van der Waals surface area contributed by atoms with Gasteiger partial charge in [-0.15, -0.1) is 0 Å². The number of aliphatic hydroxyl groups is 1. The number of amides is 1. The Bertz CT molecular complexity index is 661. The summed E-state index contributed by atoms with van der Waals surface area (Å²) in [7, 11) is 0. The molecule has 0 spiro atoms. The third kappa shape index (κ3) is 3.71. The van der Waals surface area contributed by atoms with Gasteiger partial charge in [-0.05, 0) is 32.9 Å². The Balaban J connectivity index is 2.24. The fourth-order valence-corrected chi connectivity index (χ4v) is 2.18. The molecule has 1 aromatic carbocycles. The number of para-hydroxylation sites is 1. The van der Waals surface area contributed by atoms with Gasteiger partial charge in [0.25, 0.3) is 5.91 Å². The minimum Gasteiger partial charge on any atom is -0.389 e. The lowest BCUT2D eigenvalue weighted by Gasteiger charge is -2.27. The zero-order chi connectivity index (χ0) is 16.3. The number of aromatic nitrogens is 2. The Morgan fingerprint density at radius 3 is 2.68 bits per heavy atom. The number of benzene rings is 1. The Hall–Kier alpha value is -2.21. The van der Waals surface area contributed by atoms with Gasteiger partial charge >= 0.3 is 0 Å². The van der Waals surface area contributed by atoms with Gasteiger partial charge in [-0.2, -0.15) is 5.10 Å². The van der Waals surface area contributed by atoms with Crippen LogP contribution in [0.5, 0.6) is 0 Å². The van der Waals surface area contributed by atoms with Crippen LogP contribution in [0.25, 0.3) is 5.69 Å². The van der Waals surface area contributed by atoms with Crippen molar-refractivity contribution in [2.45, 2.75) is 26.4 Å². The fraction of sp³-hybridized carbons (Fsp3) is 0.375. The van der Waals surface area contributed by atoms with Crippen LogP contribution in [0.3, 0.4) is 0 Å². The predicted octanol–water partition coefficient (Wildman–Crippen LogP) is 2.24. The van der Waals surface area contributed by atoms with E-state index in [1.54, 1.807) is 32.0 Å². The lowest BCUT2D eigenvalue weighted by atomic mass is 10.1. The molecule has 0 aliphatic rings. The van der Waals surface area contributed by atoms with Gasteiger partial charge < -0.3 is 10.0 Å². The maximum atomic E-state index is 13.7. The van der Waals surface area contributed by atoms with Crippen LogP contribution in [0.15, 0.2) is 36.7 Å². The standard InChI is InChI=1S/C16H20FN3O2/c1-4-19(11-16(2,3)22)15(21)12-9-18-20(10-12)14-8-6-5-7-13(14)17/h5-10,22H,4,11H2,1-3H3. The Morgan fingerprint density at radius 1 is 1.41 bits per heavy atom. The summed E-state index contributed by atoms with van der Waals surface area (Å²) >= 11 is 0. The first kappa shape index (κ1) is 16.2. The summed E-state index contributed by atoms with van der Waals surface area (Å²) in [5.74, 6) is -0.652. The number of halogens is 1. The summed E-state index contributed by atoms with van der Waals surface area (Å²) < 4.78 is 15.1. The maximum Gasteiger partial charge on any atom is 0.257 e. The molecule has 0 unspecified atom stereocenters. The summed E-state index contributed by atoms with van der Waals surface area (Å²) in [5.41, 5.74) is -0.339. The first-order valence-electron chi connectivity index (χ1n) is 7.13. The molecule has 6 heteroatoms. The van der Waals surface area contributed by atoms with Crippen LogP contribution in [-0.4, -0.2) is 44.4 Å². The molecule has 0 bridgehead atoms. The van der Waals surface area contributed by atoms with E-state index in [1.165, 1.54) is 28.0 Å². The van der Waals surface area contributed by atoms with Gasteiger partial charge in [0.15, 0.2) is 0 Å². The van der Waals surface area contributed by atoms with E-state index in [-0.39, 0.29) is 18.1 Å². The van der Waals surface area contributed by atoms with Gasteiger partial charge in [-0.3, -0.25) is 4.79 Å². The number of likely N-dealkylation sites (N-methyl/N-ethyl adjacent to an activating group) is 1. The van der Waals surface area contributed by atoms with Gasteiger partial charge in [0.2, 0.25) is 0 Å². The Morgan fingerprint density at radius 2 is 2.09 bits per heavy atom. The zero-order valence-corrected chi connectivity index (χ0v) is 13.0. The van der Waals surface area contributed by atoms with Gasteiger partial charge in [-0.25, -0.2) is 9.07 Å². The second kappa shape index (κ2) is 6.27. The lowest BCUT2D eigenvalue weighted by Crippen LogP contribution is -2.42. The van der Waals surface area contributed by atoms with Crippen molar-refractivity contribution in [3.05, 3.63) is 48.0 Å². The number of carbonyl (C=O) groups is 1. The SMILES string of the molecule is CCN(CC(C)(C)O)C(=O)c1cnn(-c2ccccc2F)c1. The first-order valence-corrected chi connectivity index (χ1v) is 7.13. The normalized spacial score (nSPS) is 11.5.